The van der Waals surface area contributed by atoms with E-state index in [-0.39, 0.29) is 11.8 Å². The van der Waals surface area contributed by atoms with Crippen molar-refractivity contribution in [3.63, 3.8) is 0 Å². The zero-order valence-electron chi connectivity index (χ0n) is 13.3. The van der Waals surface area contributed by atoms with Crippen LogP contribution in [-0.4, -0.2) is 58.8 Å². The number of rotatable bonds is 2. The molecule has 0 fully saturated rings. The maximum atomic E-state index is 12.5. The van der Waals surface area contributed by atoms with E-state index in [0.29, 0.717) is 30.2 Å². The summed E-state index contributed by atoms with van der Waals surface area (Å²) in [5.41, 5.74) is 1.47. The fourth-order valence-electron chi connectivity index (χ4n) is 2.47. The van der Waals surface area contributed by atoms with E-state index in [1.165, 1.54) is 22.7 Å². The van der Waals surface area contributed by atoms with Crippen molar-refractivity contribution in [1.29, 1.82) is 0 Å². The number of hydrogen-bond acceptors (Lipinski definition) is 6. The molecule has 2 amide bonds. The number of carbonyl (C=O) groups is 2. The summed E-state index contributed by atoms with van der Waals surface area (Å²) < 4.78 is 0. The van der Waals surface area contributed by atoms with Gasteiger partial charge in [-0.2, -0.15) is 0 Å². The van der Waals surface area contributed by atoms with Crippen LogP contribution < -0.4 is 0 Å². The van der Waals surface area contributed by atoms with Gasteiger partial charge in [-0.25, -0.2) is 9.97 Å². The second-order valence-electron chi connectivity index (χ2n) is 5.63. The first-order chi connectivity index (χ1) is 11.0. The van der Waals surface area contributed by atoms with Gasteiger partial charge in [-0.3, -0.25) is 9.59 Å². The second-order valence-corrected chi connectivity index (χ2v) is 7.78. The highest BCUT2D eigenvalue weighted by Gasteiger charge is 2.25. The van der Waals surface area contributed by atoms with Gasteiger partial charge in [0.1, 0.15) is 5.69 Å². The smallest absolute Gasteiger partial charge is 0.282 e. The molecule has 2 aromatic heterocycles. The lowest BCUT2D eigenvalue weighted by Crippen LogP contribution is -2.33. The number of aromatic nitrogens is 2. The Morgan fingerprint density at radius 2 is 1.96 bits per heavy atom. The molecule has 0 bridgehead atoms. The van der Waals surface area contributed by atoms with Crippen LogP contribution in [0.1, 0.15) is 35.9 Å². The average molecular weight is 350 g/mol. The number of thiazole rings is 2. The van der Waals surface area contributed by atoms with E-state index < -0.39 is 0 Å². The lowest BCUT2D eigenvalue weighted by atomic mass is 10.2. The highest BCUT2D eigenvalue weighted by atomic mass is 32.1. The van der Waals surface area contributed by atoms with Crippen molar-refractivity contribution in [3.05, 3.63) is 31.7 Å². The molecule has 0 saturated carbocycles. The molecule has 8 heteroatoms. The SMILES string of the molecule is Cc1nc(C(=O)N2CCc3nc(C(=O)N(C)C)sc3CC2)cs1. The standard InChI is InChI=1S/C15H18N4O2S2/c1-9-16-11(8-22-9)14(20)19-6-4-10-12(5-7-19)23-13(17-10)15(21)18(2)3/h8H,4-7H2,1-3H3. The Hall–Kier alpha value is -1.80. The number of nitrogens with zero attached hydrogens (tertiary/aromatic N) is 4. The van der Waals surface area contributed by atoms with E-state index in [1.807, 2.05) is 17.2 Å². The van der Waals surface area contributed by atoms with Gasteiger partial charge in [-0.1, -0.05) is 0 Å². The molecule has 122 valence electrons. The van der Waals surface area contributed by atoms with Crippen molar-refractivity contribution in [1.82, 2.24) is 19.8 Å². The van der Waals surface area contributed by atoms with Gasteiger partial charge in [0.05, 0.1) is 10.7 Å². The number of fused-ring (bicyclic) bond motifs is 1. The summed E-state index contributed by atoms with van der Waals surface area (Å²) in [6.07, 6.45) is 1.42. The Kier molecular flexibility index (Phi) is 4.45. The summed E-state index contributed by atoms with van der Waals surface area (Å²) in [4.78, 5) is 37.7. The monoisotopic (exact) mass is 350 g/mol. The average Bonchev–Trinajstić information content (AvgIpc) is 3.08. The summed E-state index contributed by atoms with van der Waals surface area (Å²) >= 11 is 2.93. The third kappa shape index (κ3) is 3.28. The largest absolute Gasteiger partial charge is 0.343 e. The predicted molar refractivity (Wildman–Crippen MR) is 90.3 cm³/mol. The van der Waals surface area contributed by atoms with Gasteiger partial charge in [0.2, 0.25) is 0 Å². The van der Waals surface area contributed by atoms with Gasteiger partial charge in [0.25, 0.3) is 11.8 Å². The molecule has 0 saturated heterocycles. The second kappa shape index (κ2) is 6.37. The Labute approximate surface area is 142 Å². The van der Waals surface area contributed by atoms with Crippen molar-refractivity contribution in [2.75, 3.05) is 27.2 Å². The molecule has 0 N–H and O–H groups in total. The first-order valence-electron chi connectivity index (χ1n) is 7.37. The molecule has 0 atom stereocenters. The molecule has 3 heterocycles. The van der Waals surface area contributed by atoms with E-state index in [9.17, 15) is 9.59 Å². The number of aryl methyl sites for hydroxylation is 1. The lowest BCUT2D eigenvalue weighted by Gasteiger charge is -2.18. The molecule has 2 aromatic rings. The molecule has 0 spiro atoms. The van der Waals surface area contributed by atoms with Gasteiger partial charge < -0.3 is 9.80 Å². The normalized spacial score (nSPS) is 14.3. The maximum Gasteiger partial charge on any atom is 0.282 e. The molecule has 6 nitrogen and oxygen atoms in total. The molecular weight excluding hydrogens is 332 g/mol. The highest BCUT2D eigenvalue weighted by Crippen LogP contribution is 2.24. The van der Waals surface area contributed by atoms with Crippen LogP contribution in [0, 0.1) is 6.92 Å². The fourth-order valence-corrected chi connectivity index (χ4v) is 4.18. The van der Waals surface area contributed by atoms with Crippen LogP contribution in [0.15, 0.2) is 5.38 Å². The molecule has 0 unspecified atom stereocenters. The van der Waals surface area contributed by atoms with Crippen molar-refractivity contribution >= 4 is 34.5 Å². The lowest BCUT2D eigenvalue weighted by molar-refractivity contribution is 0.0756. The minimum atomic E-state index is -0.0612. The van der Waals surface area contributed by atoms with Crippen molar-refractivity contribution < 1.29 is 9.59 Å². The summed E-state index contributed by atoms with van der Waals surface area (Å²) in [7, 11) is 3.45. The van der Waals surface area contributed by atoms with Gasteiger partial charge in [0.15, 0.2) is 5.01 Å². The van der Waals surface area contributed by atoms with Crippen LogP contribution in [0.4, 0.5) is 0 Å². The third-order valence-corrected chi connectivity index (χ3v) is 5.64. The molecule has 23 heavy (non-hydrogen) atoms. The maximum absolute atomic E-state index is 12.5. The summed E-state index contributed by atoms with van der Waals surface area (Å²) in [6.45, 7) is 3.15. The van der Waals surface area contributed by atoms with Crippen LogP contribution >= 0.6 is 22.7 Å². The molecule has 0 aromatic carbocycles. The molecule has 0 radical (unpaired) electrons. The van der Waals surface area contributed by atoms with Crippen LogP contribution in [-0.2, 0) is 12.8 Å². The molecular formula is C15H18N4O2S2. The van der Waals surface area contributed by atoms with Gasteiger partial charge in [0, 0.05) is 50.3 Å². The van der Waals surface area contributed by atoms with Crippen LogP contribution in [0.2, 0.25) is 0 Å². The van der Waals surface area contributed by atoms with E-state index in [0.717, 1.165) is 22.0 Å². The molecule has 1 aliphatic rings. The zero-order chi connectivity index (χ0) is 16.6. The van der Waals surface area contributed by atoms with E-state index in [4.69, 9.17) is 0 Å². The van der Waals surface area contributed by atoms with Crippen molar-refractivity contribution in [3.8, 4) is 0 Å². The number of carbonyl (C=O) groups excluding carboxylic acids is 2. The first-order valence-corrected chi connectivity index (χ1v) is 9.07. The van der Waals surface area contributed by atoms with Gasteiger partial charge in [-0.15, -0.1) is 22.7 Å². The third-order valence-electron chi connectivity index (χ3n) is 3.72. The highest BCUT2D eigenvalue weighted by molar-refractivity contribution is 7.13. The Balaban J connectivity index is 1.72. The molecule has 0 aliphatic carbocycles. The first kappa shape index (κ1) is 16.1. The molecule has 1 aliphatic heterocycles. The minimum Gasteiger partial charge on any atom is -0.343 e. The topological polar surface area (TPSA) is 66.4 Å². The molecule has 3 rings (SSSR count). The van der Waals surface area contributed by atoms with Crippen LogP contribution in [0.25, 0.3) is 0 Å². The van der Waals surface area contributed by atoms with Crippen LogP contribution in [0.3, 0.4) is 0 Å². The van der Waals surface area contributed by atoms with E-state index in [1.54, 1.807) is 19.0 Å². The van der Waals surface area contributed by atoms with Crippen molar-refractivity contribution in [2.24, 2.45) is 0 Å². The summed E-state index contributed by atoms with van der Waals surface area (Å²) in [5, 5.41) is 3.25. The van der Waals surface area contributed by atoms with E-state index in [2.05, 4.69) is 9.97 Å². The number of amides is 2. The zero-order valence-corrected chi connectivity index (χ0v) is 15.0. The van der Waals surface area contributed by atoms with Crippen LogP contribution in [0.5, 0.6) is 0 Å². The van der Waals surface area contributed by atoms with Gasteiger partial charge >= 0.3 is 0 Å². The summed E-state index contributed by atoms with van der Waals surface area (Å²) in [6, 6.07) is 0. The van der Waals surface area contributed by atoms with Gasteiger partial charge in [-0.05, 0) is 6.92 Å². The minimum absolute atomic E-state index is 0.0194. The Morgan fingerprint density at radius 3 is 2.61 bits per heavy atom. The predicted octanol–water partition coefficient (Wildman–Crippen LogP) is 1.85. The quantitative estimate of drug-likeness (QED) is 0.829. The van der Waals surface area contributed by atoms with Crippen molar-refractivity contribution in [2.45, 2.75) is 19.8 Å². The fraction of sp³-hybridized carbons (Fsp3) is 0.467. The Morgan fingerprint density at radius 1 is 1.22 bits per heavy atom. The summed E-state index contributed by atoms with van der Waals surface area (Å²) in [5.74, 6) is -0.0805. The Bertz CT molecular complexity index is 725. The number of hydrogen-bond donors (Lipinski definition) is 0. The van der Waals surface area contributed by atoms with E-state index >= 15 is 0 Å².